The van der Waals surface area contributed by atoms with Crippen LogP contribution in [0.15, 0.2) is 108 Å². The third kappa shape index (κ3) is 10.3. The van der Waals surface area contributed by atoms with Crippen LogP contribution in [0, 0.1) is 13.8 Å². The second-order valence-electron chi connectivity index (χ2n) is 12.6. The Balaban J connectivity index is 0.000000277. The number of allylic oxidation sites excluding steroid dienone is 2. The van der Waals surface area contributed by atoms with Gasteiger partial charge >= 0.3 is 99.6 Å². The van der Waals surface area contributed by atoms with Gasteiger partial charge in [-0.25, -0.2) is 4.70 Å². The zero-order chi connectivity index (χ0) is 33.6. The molecule has 0 atom stereocenters. The molecule has 250 valence electrons. The fourth-order valence-corrected chi connectivity index (χ4v) is 7.58. The molecule has 0 amide bonds. The van der Waals surface area contributed by atoms with Gasteiger partial charge in [0.15, 0.2) is 0 Å². The molecule has 2 nitrogen and oxygen atoms in total. The SMILES string of the molecule is CCCCCC1=C(c2cccc(CC)c2)[N+](=[N-])C(c2cccc(CC)c2)=C1CCCCC.Cc1cc[c]([Pd][c]2ccc(C)cc2)cc1. The van der Waals surface area contributed by atoms with Crippen molar-refractivity contribution in [3.8, 4) is 0 Å². The van der Waals surface area contributed by atoms with E-state index >= 15 is 0 Å². The molecular formula is C44H54N2Pd. The van der Waals surface area contributed by atoms with Crippen molar-refractivity contribution in [1.82, 2.24) is 0 Å². The Morgan fingerprint density at radius 2 is 0.936 bits per heavy atom. The summed E-state index contributed by atoms with van der Waals surface area (Å²) in [6.07, 6.45) is 11.2. The first kappa shape index (κ1) is 36.5. The Morgan fingerprint density at radius 1 is 0.532 bits per heavy atom. The first-order valence-electron chi connectivity index (χ1n) is 17.7. The maximum absolute atomic E-state index is 11.7. The van der Waals surface area contributed by atoms with E-state index in [4.69, 9.17) is 0 Å². The molecule has 47 heavy (non-hydrogen) atoms. The minimum absolute atomic E-state index is 0.562. The van der Waals surface area contributed by atoms with Crippen molar-refractivity contribution in [2.75, 3.05) is 0 Å². The minimum atomic E-state index is 0.562. The molecule has 0 fully saturated rings. The van der Waals surface area contributed by atoms with Crippen molar-refractivity contribution in [3.63, 3.8) is 0 Å². The van der Waals surface area contributed by atoms with Crippen LogP contribution in [0.25, 0.3) is 16.9 Å². The summed E-state index contributed by atoms with van der Waals surface area (Å²) < 4.78 is 4.38. The van der Waals surface area contributed by atoms with E-state index in [1.54, 1.807) is 0 Å². The molecule has 0 saturated carbocycles. The van der Waals surface area contributed by atoms with Gasteiger partial charge in [-0.2, -0.15) is 0 Å². The van der Waals surface area contributed by atoms with Crippen molar-refractivity contribution >= 4 is 19.5 Å². The van der Waals surface area contributed by atoms with Crippen molar-refractivity contribution in [1.29, 1.82) is 0 Å². The molecule has 1 aliphatic heterocycles. The molecule has 0 radical (unpaired) electrons. The quantitative estimate of drug-likeness (QED) is 0.0705. The Morgan fingerprint density at radius 3 is 1.30 bits per heavy atom. The van der Waals surface area contributed by atoms with E-state index < -0.39 is 0 Å². The Labute approximate surface area is 293 Å². The number of nitrogens with zero attached hydrogens (tertiary/aromatic N) is 2. The summed E-state index contributed by atoms with van der Waals surface area (Å²) >= 11 is 0.562. The van der Waals surface area contributed by atoms with E-state index in [0.29, 0.717) is 18.0 Å². The van der Waals surface area contributed by atoms with E-state index in [2.05, 4.69) is 139 Å². The molecule has 0 aromatic heterocycles. The average Bonchev–Trinajstić information content (AvgIpc) is 3.37. The third-order valence-electron chi connectivity index (χ3n) is 8.80. The summed E-state index contributed by atoms with van der Waals surface area (Å²) in [7, 11) is 0. The molecule has 1 aliphatic rings. The fraction of sp³-hybridized carbons (Fsp3) is 0.364. The van der Waals surface area contributed by atoms with Gasteiger partial charge in [-0.05, 0) is 73.9 Å². The predicted octanol–water partition coefficient (Wildman–Crippen LogP) is 11.5. The van der Waals surface area contributed by atoms with Gasteiger partial charge in [-0.15, -0.1) is 0 Å². The zero-order valence-electron chi connectivity index (χ0n) is 29.5. The van der Waals surface area contributed by atoms with Crippen LogP contribution in [0.3, 0.4) is 0 Å². The van der Waals surface area contributed by atoms with Crippen molar-refractivity contribution in [2.45, 2.75) is 106 Å². The van der Waals surface area contributed by atoms with Crippen LogP contribution in [0.4, 0.5) is 0 Å². The van der Waals surface area contributed by atoms with Crippen molar-refractivity contribution < 1.29 is 22.7 Å². The molecule has 5 rings (SSSR count). The van der Waals surface area contributed by atoms with Gasteiger partial charge in [0.2, 0.25) is 11.4 Å². The van der Waals surface area contributed by atoms with Crippen molar-refractivity contribution in [2.24, 2.45) is 0 Å². The van der Waals surface area contributed by atoms with E-state index in [9.17, 15) is 5.53 Å². The van der Waals surface area contributed by atoms with Crippen LogP contribution in [-0.2, 0) is 30.8 Å². The molecule has 0 unspecified atom stereocenters. The van der Waals surface area contributed by atoms with E-state index in [-0.39, 0.29) is 0 Å². The Kier molecular flexibility index (Phi) is 14.6. The summed E-state index contributed by atoms with van der Waals surface area (Å²) in [5, 5.41) is 0. The van der Waals surface area contributed by atoms with E-state index in [0.717, 1.165) is 61.0 Å². The van der Waals surface area contributed by atoms with Gasteiger partial charge in [0.05, 0.1) is 0 Å². The monoisotopic (exact) mass is 716 g/mol. The summed E-state index contributed by atoms with van der Waals surface area (Å²) in [4.78, 5) is 0. The third-order valence-corrected chi connectivity index (χ3v) is 10.7. The van der Waals surface area contributed by atoms with Crippen LogP contribution < -0.4 is 8.07 Å². The molecule has 0 aliphatic carbocycles. The normalized spacial score (nSPS) is 12.9. The van der Waals surface area contributed by atoms with E-state index in [1.165, 1.54) is 71.9 Å². The van der Waals surface area contributed by atoms with Gasteiger partial charge < -0.3 is 5.53 Å². The first-order valence-corrected chi connectivity index (χ1v) is 19.3. The van der Waals surface area contributed by atoms with E-state index in [1.807, 2.05) is 0 Å². The van der Waals surface area contributed by atoms with Crippen LogP contribution in [-0.4, -0.2) is 4.70 Å². The molecule has 0 saturated heterocycles. The molecule has 0 spiro atoms. The van der Waals surface area contributed by atoms with Crippen LogP contribution in [0.5, 0.6) is 0 Å². The van der Waals surface area contributed by atoms with Gasteiger partial charge in [0, 0.05) is 22.3 Å². The molecule has 4 aromatic rings. The second-order valence-corrected chi connectivity index (χ2v) is 14.8. The molecule has 4 aromatic carbocycles. The standard InChI is InChI=1S/C30H40N2.2C7H7.Pd/c1-5-9-11-19-27-28(20-12-10-6-2)30(26-18-14-16-24(8-4)22-26)32(31)29(27)25-17-13-15-23(7-3)21-25;2*1-7-5-3-2-4-6-7;/h13-18,21-22H,5-12,19-20H2,1-4H3;2*3-6H,1H3;. The predicted molar refractivity (Wildman–Crippen MR) is 199 cm³/mol. The van der Waals surface area contributed by atoms with Gasteiger partial charge in [-0.3, -0.25) is 0 Å². The number of aryl methyl sites for hydroxylation is 4. The van der Waals surface area contributed by atoms with Crippen LogP contribution in [0.2, 0.25) is 0 Å². The van der Waals surface area contributed by atoms with Crippen molar-refractivity contribution in [3.05, 3.63) is 147 Å². The van der Waals surface area contributed by atoms with Crippen LogP contribution in [0.1, 0.15) is 112 Å². The number of hydrogen-bond donors (Lipinski definition) is 0. The first-order chi connectivity index (χ1) is 22.9. The molecule has 1 heterocycles. The summed E-state index contributed by atoms with van der Waals surface area (Å²) in [6.45, 7) is 13.1. The molecule has 0 bridgehead atoms. The average molecular weight is 717 g/mol. The zero-order valence-corrected chi connectivity index (χ0v) is 31.1. The molecule has 0 N–H and O–H groups in total. The summed E-state index contributed by atoms with van der Waals surface area (Å²) in [6, 6.07) is 35.1. The summed E-state index contributed by atoms with van der Waals surface area (Å²) in [5.41, 5.74) is 23.9. The number of rotatable bonds is 14. The molecule has 3 heteroatoms. The summed E-state index contributed by atoms with van der Waals surface area (Å²) in [5.74, 6) is 0. The van der Waals surface area contributed by atoms with Gasteiger partial charge in [0.25, 0.3) is 0 Å². The topological polar surface area (TPSA) is 25.3 Å². The van der Waals surface area contributed by atoms with Gasteiger partial charge in [-0.1, -0.05) is 77.6 Å². The number of unbranched alkanes of at least 4 members (excludes halogenated alkanes) is 4. The Hall–Kier alpha value is -3.38. The molecular weight excluding hydrogens is 663 g/mol. The van der Waals surface area contributed by atoms with Crippen LogP contribution >= 0.6 is 0 Å². The number of hydrogen-bond acceptors (Lipinski definition) is 0. The Bertz CT molecular complexity index is 1540. The second kappa shape index (κ2) is 18.8. The number of benzene rings is 4. The van der Waals surface area contributed by atoms with Gasteiger partial charge in [0.1, 0.15) is 0 Å². The fourth-order valence-electron chi connectivity index (χ4n) is 6.02. The maximum atomic E-state index is 11.7.